The lowest BCUT2D eigenvalue weighted by molar-refractivity contribution is 0.0943. The molecule has 0 atom stereocenters. The maximum Gasteiger partial charge on any atom is 0.256 e. The summed E-state index contributed by atoms with van der Waals surface area (Å²) in [6.07, 6.45) is 1.53. The van der Waals surface area contributed by atoms with Gasteiger partial charge in [0.1, 0.15) is 11.3 Å². The lowest BCUT2D eigenvalue weighted by atomic mass is 10.1. The monoisotopic (exact) mass is 425 g/mol. The van der Waals surface area contributed by atoms with Crippen LogP contribution in [0.25, 0.3) is 0 Å². The zero-order valence-electron chi connectivity index (χ0n) is 13.6. The van der Waals surface area contributed by atoms with E-state index in [-0.39, 0.29) is 36.6 Å². The molecule has 0 bridgehead atoms. The largest absolute Gasteiger partial charge is 0.437 e. The zero-order chi connectivity index (χ0) is 17.0. The van der Waals surface area contributed by atoms with Gasteiger partial charge in [0.2, 0.25) is 5.88 Å². The zero-order valence-corrected chi connectivity index (χ0v) is 16.7. The summed E-state index contributed by atoms with van der Waals surface area (Å²) < 4.78 is 5.65. The minimum absolute atomic E-state index is 0. The van der Waals surface area contributed by atoms with E-state index in [2.05, 4.69) is 10.3 Å². The highest BCUT2D eigenvalue weighted by atomic mass is 35.5. The second-order valence-corrected chi connectivity index (χ2v) is 6.55. The molecular weight excluding hydrogens is 408 g/mol. The summed E-state index contributed by atoms with van der Waals surface area (Å²) in [4.78, 5) is 16.4. The van der Waals surface area contributed by atoms with E-state index in [0.717, 1.165) is 0 Å². The number of hydrogen-bond donors (Lipinski definition) is 2. The Morgan fingerprint density at radius 3 is 2.56 bits per heavy atom. The first kappa shape index (κ1) is 23.8. The Morgan fingerprint density at radius 2 is 1.96 bits per heavy atom. The predicted molar refractivity (Wildman–Crippen MR) is 106 cm³/mol. The molecule has 0 saturated carbocycles. The molecule has 0 unspecified atom stereocenters. The highest BCUT2D eigenvalue weighted by Crippen LogP contribution is 2.31. The van der Waals surface area contributed by atoms with Crippen molar-refractivity contribution in [1.82, 2.24) is 10.3 Å². The van der Waals surface area contributed by atoms with E-state index in [1.165, 1.54) is 6.20 Å². The smallest absolute Gasteiger partial charge is 0.256 e. The van der Waals surface area contributed by atoms with Gasteiger partial charge in [-0.25, -0.2) is 4.98 Å². The fourth-order valence-electron chi connectivity index (χ4n) is 1.71. The van der Waals surface area contributed by atoms with Gasteiger partial charge < -0.3 is 15.8 Å². The van der Waals surface area contributed by atoms with E-state index in [4.69, 9.17) is 33.7 Å². The number of amides is 1. The fraction of sp³-hybridized carbons (Fsp3) is 0.250. The second kappa shape index (κ2) is 10.0. The van der Waals surface area contributed by atoms with Crippen molar-refractivity contribution in [2.45, 2.75) is 19.4 Å². The van der Waals surface area contributed by atoms with Crippen LogP contribution in [0.15, 0.2) is 36.5 Å². The number of pyridine rings is 1. The van der Waals surface area contributed by atoms with Crippen LogP contribution in [-0.4, -0.2) is 23.0 Å². The summed E-state index contributed by atoms with van der Waals surface area (Å²) in [6.45, 7) is 3.96. The molecule has 5 nitrogen and oxygen atoms in total. The number of aromatic nitrogens is 1. The van der Waals surface area contributed by atoms with Crippen LogP contribution < -0.4 is 15.8 Å². The number of nitrogens with two attached hydrogens (primary N) is 1. The number of nitrogens with zero attached hydrogens (tertiary/aromatic N) is 1. The highest BCUT2D eigenvalue weighted by molar-refractivity contribution is 6.35. The number of nitrogens with one attached hydrogen (secondary N) is 1. The summed E-state index contributed by atoms with van der Waals surface area (Å²) in [7, 11) is 0. The van der Waals surface area contributed by atoms with E-state index in [1.807, 2.05) is 13.8 Å². The summed E-state index contributed by atoms with van der Waals surface area (Å²) in [5.41, 5.74) is 5.64. The van der Waals surface area contributed by atoms with Crippen LogP contribution in [-0.2, 0) is 0 Å². The Balaban J connectivity index is 0.00000288. The van der Waals surface area contributed by atoms with Crippen molar-refractivity contribution in [3.05, 3.63) is 52.1 Å². The molecule has 1 aromatic carbocycles. The molecule has 1 amide bonds. The van der Waals surface area contributed by atoms with E-state index < -0.39 is 5.54 Å². The van der Waals surface area contributed by atoms with Crippen LogP contribution in [0.1, 0.15) is 24.2 Å². The average molecular weight is 427 g/mol. The summed E-state index contributed by atoms with van der Waals surface area (Å²) in [6, 6.07) is 8.08. The van der Waals surface area contributed by atoms with Gasteiger partial charge in [-0.05, 0) is 44.2 Å². The van der Waals surface area contributed by atoms with Crippen LogP contribution in [0, 0.1) is 0 Å². The molecule has 2 aromatic rings. The lowest BCUT2D eigenvalue weighted by Crippen LogP contribution is -2.45. The van der Waals surface area contributed by atoms with Crippen molar-refractivity contribution >= 4 is 53.9 Å². The van der Waals surface area contributed by atoms with Crippen LogP contribution in [0.3, 0.4) is 0 Å². The normalized spacial score (nSPS) is 10.3. The first-order valence-corrected chi connectivity index (χ1v) is 7.67. The van der Waals surface area contributed by atoms with Crippen LogP contribution in [0.5, 0.6) is 11.6 Å². The van der Waals surface area contributed by atoms with Crippen molar-refractivity contribution in [1.29, 1.82) is 0 Å². The number of hydrogen-bond acceptors (Lipinski definition) is 4. The first-order valence-electron chi connectivity index (χ1n) is 6.91. The molecule has 0 aliphatic heterocycles. The minimum atomic E-state index is -0.515. The lowest BCUT2D eigenvalue weighted by Gasteiger charge is -2.19. The van der Waals surface area contributed by atoms with Gasteiger partial charge in [0.15, 0.2) is 0 Å². The second-order valence-electron chi connectivity index (χ2n) is 5.70. The van der Waals surface area contributed by atoms with Gasteiger partial charge in [-0.15, -0.1) is 24.8 Å². The Labute approximate surface area is 169 Å². The molecule has 25 heavy (non-hydrogen) atoms. The third-order valence-electron chi connectivity index (χ3n) is 2.82. The number of carbonyl (C=O) groups excluding carboxylic acids is 1. The molecular formula is C16H19Cl4N3O2. The molecule has 2 rings (SSSR count). The summed E-state index contributed by atoms with van der Waals surface area (Å²) in [5.74, 6) is 0.198. The Morgan fingerprint density at radius 1 is 1.28 bits per heavy atom. The van der Waals surface area contributed by atoms with Crippen molar-refractivity contribution in [2.24, 2.45) is 5.73 Å². The molecule has 9 heteroatoms. The maximum atomic E-state index is 12.3. The molecule has 0 aliphatic carbocycles. The molecule has 1 aromatic heterocycles. The number of benzene rings is 1. The van der Waals surface area contributed by atoms with Gasteiger partial charge in [-0.3, -0.25) is 4.79 Å². The van der Waals surface area contributed by atoms with Crippen LogP contribution in [0.2, 0.25) is 10.0 Å². The number of ether oxygens (including phenoxy) is 1. The van der Waals surface area contributed by atoms with Crippen LogP contribution in [0.4, 0.5) is 0 Å². The molecule has 0 aliphatic rings. The quantitative estimate of drug-likeness (QED) is 0.738. The van der Waals surface area contributed by atoms with Gasteiger partial charge in [0.25, 0.3) is 5.91 Å². The molecule has 1 heterocycles. The summed E-state index contributed by atoms with van der Waals surface area (Å²) in [5, 5.41) is 3.57. The first-order chi connectivity index (χ1) is 10.8. The van der Waals surface area contributed by atoms with Gasteiger partial charge in [-0.1, -0.05) is 23.2 Å². The topological polar surface area (TPSA) is 77.2 Å². The van der Waals surface area contributed by atoms with Crippen molar-refractivity contribution < 1.29 is 9.53 Å². The van der Waals surface area contributed by atoms with Gasteiger partial charge in [0, 0.05) is 23.3 Å². The third kappa shape index (κ3) is 7.26. The van der Waals surface area contributed by atoms with Gasteiger partial charge >= 0.3 is 0 Å². The van der Waals surface area contributed by atoms with Crippen LogP contribution >= 0.6 is 48.0 Å². The fourth-order valence-corrected chi connectivity index (χ4v) is 2.16. The minimum Gasteiger partial charge on any atom is -0.437 e. The Hall–Kier alpha value is -1.24. The number of halogens is 4. The molecule has 0 radical (unpaired) electrons. The number of carbonyl (C=O) groups is 1. The maximum absolute atomic E-state index is 12.3. The van der Waals surface area contributed by atoms with Crippen molar-refractivity contribution in [3.63, 3.8) is 0 Å². The van der Waals surface area contributed by atoms with Gasteiger partial charge in [0.05, 0.1) is 5.02 Å². The molecule has 138 valence electrons. The SMILES string of the molecule is CC(C)(N)CNC(=O)c1cccnc1Oc1ccc(Cl)cc1Cl.Cl.Cl. The molecule has 0 saturated heterocycles. The van der Waals surface area contributed by atoms with E-state index in [0.29, 0.717) is 27.9 Å². The highest BCUT2D eigenvalue weighted by Gasteiger charge is 2.18. The average Bonchev–Trinajstić information content (AvgIpc) is 2.47. The van der Waals surface area contributed by atoms with E-state index in [1.54, 1.807) is 30.3 Å². The predicted octanol–water partition coefficient (Wildman–Crippen LogP) is 4.49. The molecule has 0 fully saturated rings. The Bertz CT molecular complexity index is 721. The standard InChI is InChI=1S/C16H17Cl2N3O2.2ClH/c1-16(2,19)9-21-14(22)11-4-3-7-20-15(11)23-13-6-5-10(17)8-12(13)18;;/h3-8H,9,19H2,1-2H3,(H,21,22);2*1H. The number of rotatable bonds is 5. The van der Waals surface area contributed by atoms with E-state index >= 15 is 0 Å². The summed E-state index contributed by atoms with van der Waals surface area (Å²) >= 11 is 11.9. The Kier molecular flexibility index (Phi) is 9.54. The van der Waals surface area contributed by atoms with Crippen molar-refractivity contribution in [2.75, 3.05) is 6.54 Å². The van der Waals surface area contributed by atoms with E-state index in [9.17, 15) is 4.79 Å². The van der Waals surface area contributed by atoms with Gasteiger partial charge in [-0.2, -0.15) is 0 Å². The molecule has 3 N–H and O–H groups in total. The van der Waals surface area contributed by atoms with Crippen molar-refractivity contribution in [3.8, 4) is 11.6 Å². The third-order valence-corrected chi connectivity index (χ3v) is 3.35. The molecule has 0 spiro atoms.